The van der Waals surface area contributed by atoms with Crippen molar-refractivity contribution < 1.29 is 168 Å². The van der Waals surface area contributed by atoms with Gasteiger partial charge in [-0.1, -0.05) is 0 Å². The standard InChI is InChI=1S/C46H78N2O34/c1-10-21(56)26(61)29(64)43(70-10)79-36-20(48-13(4)55)42(76-17(8-52)34(36)77-45-31(66)28(63)23(58)14(5-49)73-45)82-39-25(60)16(7-51)74-46(33(39)68)78-35-18(9-53)75-41(81-38-24(59)15(6-50)72-40(69)32(38)67)19(47-12(3)54)37(35)80-44-30(65)27(62)22(57)11(2)71-44/h10-11,14-46,49-53,56-69H,5-9H2,1-4H3,(H,47,54)(H,48,55)/t10-,11-,14+,15+,16+,17+,18+,19+,20+,21+,22+,23-,24-,25-,26+,27+,28-,29-,30-,31+,32+,33+,34+,35+,36+,37+,38-,39-,40+,41-,42-,43-,44-,45-,46-/m0/s1. The molecular weight excluding hydrogens is 1120 g/mol. The lowest BCUT2D eigenvalue weighted by atomic mass is 9.93. The third-order valence-electron chi connectivity index (χ3n) is 15.3. The van der Waals surface area contributed by atoms with E-state index in [0.29, 0.717) is 0 Å². The van der Waals surface area contributed by atoms with Gasteiger partial charge in [-0.15, -0.1) is 0 Å². The van der Waals surface area contributed by atoms with E-state index in [4.69, 9.17) is 61.6 Å². The fraction of sp³-hybridized carbons (Fsp3) is 0.957. The molecule has 36 heteroatoms. The zero-order valence-corrected chi connectivity index (χ0v) is 44.4. The van der Waals surface area contributed by atoms with Crippen LogP contribution in [0.1, 0.15) is 27.7 Å². The molecule has 21 N–H and O–H groups in total. The highest BCUT2D eigenvalue weighted by Crippen LogP contribution is 2.39. The maximum Gasteiger partial charge on any atom is 0.217 e. The predicted molar refractivity (Wildman–Crippen MR) is 252 cm³/mol. The van der Waals surface area contributed by atoms with E-state index in [1.165, 1.54) is 13.8 Å². The molecule has 7 rings (SSSR count). The van der Waals surface area contributed by atoms with Gasteiger partial charge in [0.1, 0.15) is 159 Å². The summed E-state index contributed by atoms with van der Waals surface area (Å²) in [5, 5.41) is 211. The van der Waals surface area contributed by atoms with Crippen LogP contribution in [0, 0.1) is 0 Å². The normalized spacial score (nSPS) is 51.3. The molecular formula is C46H78N2O34. The first-order chi connectivity index (χ1) is 38.7. The average Bonchev–Trinajstić information content (AvgIpc) is 3.34. The van der Waals surface area contributed by atoms with Gasteiger partial charge in [-0.25, -0.2) is 0 Å². The SMILES string of the molecule is CC(=O)N[C@H]1[C@H](O[C@H]2[C@@H](O)[C@@H](CO)O[C@@H](O[C@H]3[C@H](O[C@@H]4O[C@@H](C)[C@@H](O)[C@@H](O)[C@@H]4O)[C@@H](NC(C)=O)[C@H](O[C@@H]4[C@@H](O)[C@H](O)O[C@H](CO)[C@@H]4O)O[C@@H]3CO)[C@@H]2O)O[C@H](CO)[C@@H](O[C@@H]2O[C@H](CO)[C@H](O)[C@H](O)[C@H]2O)[C@@H]1O[C@@H]1O[C@@H](C)[C@@H](O)[C@@H](O)[C@@H]1O. The lowest BCUT2D eigenvalue weighted by Crippen LogP contribution is -2.72. The van der Waals surface area contributed by atoms with Gasteiger partial charge in [-0.05, 0) is 13.8 Å². The first-order valence-corrected chi connectivity index (χ1v) is 26.3. The summed E-state index contributed by atoms with van der Waals surface area (Å²) in [6, 6.07) is -3.71. The second kappa shape index (κ2) is 28.7. The minimum Gasteiger partial charge on any atom is -0.394 e. The minimum atomic E-state index is -2.36. The predicted octanol–water partition coefficient (Wildman–Crippen LogP) is -13.9. The Labute approximate surface area is 465 Å². The monoisotopic (exact) mass is 1200 g/mol. The smallest absolute Gasteiger partial charge is 0.217 e. The molecule has 7 aliphatic heterocycles. The zero-order valence-electron chi connectivity index (χ0n) is 44.4. The van der Waals surface area contributed by atoms with Crippen molar-refractivity contribution in [2.24, 2.45) is 0 Å². The Morgan fingerprint density at radius 3 is 0.988 bits per heavy atom. The number of carbonyl (C=O) groups is 2. The van der Waals surface area contributed by atoms with Gasteiger partial charge in [-0.2, -0.15) is 0 Å². The highest BCUT2D eigenvalue weighted by molar-refractivity contribution is 5.73. The zero-order chi connectivity index (χ0) is 60.5. The maximum absolute atomic E-state index is 13.1. The van der Waals surface area contributed by atoms with Gasteiger partial charge in [0, 0.05) is 13.8 Å². The summed E-state index contributed by atoms with van der Waals surface area (Å²) in [6.45, 7) is -0.654. The minimum absolute atomic E-state index is 0.892. The summed E-state index contributed by atoms with van der Waals surface area (Å²) >= 11 is 0. The van der Waals surface area contributed by atoms with Gasteiger partial charge in [0.05, 0.1) is 45.2 Å². The molecule has 0 aromatic rings. The Balaban J connectivity index is 1.25. The second-order valence-corrected chi connectivity index (χ2v) is 21.0. The number of ether oxygens (including phenoxy) is 13. The third-order valence-corrected chi connectivity index (χ3v) is 15.3. The van der Waals surface area contributed by atoms with Gasteiger partial charge in [-0.3, -0.25) is 9.59 Å². The molecule has 0 saturated carbocycles. The average molecular weight is 1200 g/mol. The summed E-state index contributed by atoms with van der Waals surface area (Å²) in [4.78, 5) is 26.2. The van der Waals surface area contributed by atoms with Crippen molar-refractivity contribution in [3.05, 3.63) is 0 Å². The first kappa shape index (κ1) is 67.2. The molecule has 7 fully saturated rings. The van der Waals surface area contributed by atoms with Crippen molar-refractivity contribution in [3.63, 3.8) is 0 Å². The van der Waals surface area contributed by atoms with E-state index < -0.39 is 260 Å². The molecule has 7 saturated heterocycles. The molecule has 36 nitrogen and oxygen atoms in total. The lowest BCUT2D eigenvalue weighted by molar-refractivity contribution is -0.397. The van der Waals surface area contributed by atoms with Crippen LogP contribution in [0.25, 0.3) is 0 Å². The van der Waals surface area contributed by atoms with Crippen molar-refractivity contribution in [2.45, 2.75) is 243 Å². The molecule has 7 heterocycles. The topological polar surface area (TPSA) is 563 Å². The van der Waals surface area contributed by atoms with Crippen LogP contribution in [0.5, 0.6) is 0 Å². The van der Waals surface area contributed by atoms with Crippen molar-refractivity contribution in [1.82, 2.24) is 10.6 Å². The number of aliphatic hydroxyl groups excluding tert-OH is 19. The van der Waals surface area contributed by atoms with Crippen molar-refractivity contribution in [3.8, 4) is 0 Å². The molecule has 0 aromatic carbocycles. The number of amides is 2. The number of nitrogens with one attached hydrogen (secondary N) is 2. The summed E-state index contributed by atoms with van der Waals surface area (Å²) in [5.74, 6) is -1.80. The summed E-state index contributed by atoms with van der Waals surface area (Å²) in [6.07, 6.45) is -63.4. The van der Waals surface area contributed by atoms with Crippen molar-refractivity contribution in [2.75, 3.05) is 33.0 Å². The summed E-state index contributed by atoms with van der Waals surface area (Å²) < 4.78 is 76.8. The molecule has 0 unspecified atom stereocenters. The first-order valence-electron chi connectivity index (χ1n) is 26.3. The number of carbonyl (C=O) groups excluding carboxylic acids is 2. The van der Waals surface area contributed by atoms with Crippen LogP contribution >= 0.6 is 0 Å². The molecule has 0 spiro atoms. The van der Waals surface area contributed by atoms with Crippen LogP contribution in [0.3, 0.4) is 0 Å². The molecule has 2 amide bonds. The number of hydrogen-bond acceptors (Lipinski definition) is 34. The highest BCUT2D eigenvalue weighted by atomic mass is 16.8. The highest BCUT2D eigenvalue weighted by Gasteiger charge is 2.60. The quantitative estimate of drug-likeness (QED) is 0.0571. The number of aliphatic hydroxyl groups is 19. The van der Waals surface area contributed by atoms with E-state index in [-0.39, 0.29) is 0 Å². The molecule has 35 atom stereocenters. The van der Waals surface area contributed by atoms with Gasteiger partial charge >= 0.3 is 0 Å². The van der Waals surface area contributed by atoms with Crippen LogP contribution in [0.4, 0.5) is 0 Å². The maximum atomic E-state index is 13.1. The molecule has 476 valence electrons. The van der Waals surface area contributed by atoms with Crippen LogP contribution in [0.15, 0.2) is 0 Å². The van der Waals surface area contributed by atoms with E-state index in [2.05, 4.69) is 10.6 Å². The van der Waals surface area contributed by atoms with Gasteiger partial charge in [0.25, 0.3) is 0 Å². The van der Waals surface area contributed by atoms with Crippen LogP contribution in [0.2, 0.25) is 0 Å². The van der Waals surface area contributed by atoms with E-state index >= 15 is 0 Å². The van der Waals surface area contributed by atoms with E-state index in [1.807, 2.05) is 0 Å². The fourth-order valence-corrected chi connectivity index (χ4v) is 10.7. The van der Waals surface area contributed by atoms with Crippen LogP contribution < -0.4 is 10.6 Å². The fourth-order valence-electron chi connectivity index (χ4n) is 10.7. The summed E-state index contributed by atoms with van der Waals surface area (Å²) in [7, 11) is 0. The van der Waals surface area contributed by atoms with E-state index in [9.17, 15) is 107 Å². The van der Waals surface area contributed by atoms with E-state index in [1.54, 1.807) is 0 Å². The molecule has 0 bridgehead atoms. The Kier molecular flexibility index (Phi) is 23.5. The Morgan fingerprint density at radius 2 is 0.610 bits per heavy atom. The van der Waals surface area contributed by atoms with Crippen LogP contribution in [-0.2, 0) is 71.2 Å². The van der Waals surface area contributed by atoms with Gasteiger partial charge in [0.15, 0.2) is 44.0 Å². The van der Waals surface area contributed by atoms with Gasteiger partial charge in [0.2, 0.25) is 11.8 Å². The van der Waals surface area contributed by atoms with Crippen LogP contribution in [-0.4, -0.2) is 357 Å². The molecule has 7 aliphatic rings. The Morgan fingerprint density at radius 1 is 0.317 bits per heavy atom. The Bertz CT molecular complexity index is 2030. The van der Waals surface area contributed by atoms with Crippen molar-refractivity contribution in [1.29, 1.82) is 0 Å². The molecule has 0 aliphatic carbocycles. The third kappa shape index (κ3) is 14.1. The van der Waals surface area contributed by atoms with Crippen molar-refractivity contribution >= 4 is 11.8 Å². The largest absolute Gasteiger partial charge is 0.394 e. The summed E-state index contributed by atoms with van der Waals surface area (Å²) in [5.41, 5.74) is 0. The second-order valence-electron chi connectivity index (χ2n) is 21.0. The number of rotatable bonds is 19. The van der Waals surface area contributed by atoms with Gasteiger partial charge < -0.3 is 169 Å². The van der Waals surface area contributed by atoms with E-state index in [0.717, 1.165) is 13.8 Å². The molecule has 0 radical (unpaired) electrons. The Hall–Kier alpha value is -2.34. The number of hydrogen-bond donors (Lipinski definition) is 21. The molecule has 82 heavy (non-hydrogen) atoms. The molecule has 0 aromatic heterocycles. The lowest BCUT2D eigenvalue weighted by Gasteiger charge is -2.52.